The van der Waals surface area contributed by atoms with E-state index in [4.69, 9.17) is 4.98 Å². The average molecular weight is 492 g/mol. The van der Waals surface area contributed by atoms with E-state index in [1.807, 2.05) is 11.8 Å². The fraction of sp³-hybridized carbons (Fsp3) is 0.560. The Morgan fingerprint density at radius 3 is 2.42 bits per heavy atom. The van der Waals surface area contributed by atoms with E-state index in [-0.39, 0.29) is 30.7 Å². The van der Waals surface area contributed by atoms with Crippen LogP contribution in [0.25, 0.3) is 0 Å². The smallest absolute Gasteiger partial charge is 0.257 e. The summed E-state index contributed by atoms with van der Waals surface area (Å²) in [5.74, 6) is 1.85. The molecule has 3 atom stereocenters. The number of hydrogen-bond donors (Lipinski definition) is 0. The molecule has 0 aliphatic carbocycles. The van der Waals surface area contributed by atoms with Crippen LogP contribution in [-0.2, 0) is 0 Å². The Labute approximate surface area is 209 Å². The molecule has 33 heavy (non-hydrogen) atoms. The molecule has 5 rings (SSSR count). The van der Waals surface area contributed by atoms with Gasteiger partial charge in [0.1, 0.15) is 0 Å². The van der Waals surface area contributed by atoms with Gasteiger partial charge in [0, 0.05) is 50.9 Å². The molecule has 3 aliphatic rings. The van der Waals surface area contributed by atoms with Crippen LogP contribution in [0.15, 0.2) is 30.5 Å². The molecule has 8 heteroatoms. The van der Waals surface area contributed by atoms with Crippen molar-refractivity contribution in [3.05, 3.63) is 52.8 Å². The number of piperidine rings is 1. The molecule has 0 spiro atoms. The molecule has 2 aromatic rings. The van der Waals surface area contributed by atoms with Crippen molar-refractivity contribution in [2.75, 3.05) is 44.7 Å². The van der Waals surface area contributed by atoms with E-state index >= 15 is 0 Å². The van der Waals surface area contributed by atoms with Crippen LogP contribution in [0.3, 0.4) is 0 Å². The second-order valence-corrected chi connectivity index (χ2v) is 9.59. The highest BCUT2D eigenvalue weighted by Crippen LogP contribution is 2.45. The van der Waals surface area contributed by atoms with Crippen molar-refractivity contribution in [1.29, 1.82) is 0 Å². The van der Waals surface area contributed by atoms with Gasteiger partial charge in [-0.1, -0.05) is 24.3 Å². The van der Waals surface area contributed by atoms with Gasteiger partial charge in [-0.2, -0.15) is 0 Å². The molecule has 6 nitrogen and oxygen atoms in total. The molecule has 0 unspecified atom stereocenters. The summed E-state index contributed by atoms with van der Waals surface area (Å²) < 4.78 is 0. The van der Waals surface area contributed by atoms with Crippen molar-refractivity contribution in [3.8, 4) is 0 Å². The van der Waals surface area contributed by atoms with E-state index in [0.29, 0.717) is 23.4 Å². The predicted molar refractivity (Wildman–Crippen MR) is 137 cm³/mol. The summed E-state index contributed by atoms with van der Waals surface area (Å²) in [4.78, 5) is 29.4. The van der Waals surface area contributed by atoms with Crippen LogP contribution in [-0.4, -0.2) is 65.4 Å². The van der Waals surface area contributed by atoms with Gasteiger partial charge in [0.2, 0.25) is 5.95 Å². The van der Waals surface area contributed by atoms with Gasteiger partial charge in [0.25, 0.3) is 5.91 Å². The Hall–Kier alpha value is -1.89. The minimum absolute atomic E-state index is 0. The molecule has 0 bridgehead atoms. The van der Waals surface area contributed by atoms with Crippen molar-refractivity contribution in [2.45, 2.75) is 39.2 Å². The highest BCUT2D eigenvalue weighted by atomic mass is 35.5. The SMILES string of the molecule is Cc1ccccc1[C@H]1[C@@H]2CN(C(=O)c3cnc(N4CCCCC4)nc3C)C[C@@H]2CN1C.Cl.Cl. The Kier molecular flexibility index (Phi) is 8.25. The summed E-state index contributed by atoms with van der Waals surface area (Å²) in [5.41, 5.74) is 4.19. The molecule has 0 saturated carbocycles. The first-order chi connectivity index (χ1) is 15.0. The molecule has 180 valence electrons. The van der Waals surface area contributed by atoms with Gasteiger partial charge >= 0.3 is 0 Å². The maximum Gasteiger partial charge on any atom is 0.257 e. The molecule has 4 heterocycles. The number of amides is 1. The predicted octanol–water partition coefficient (Wildman–Crippen LogP) is 4.30. The maximum absolute atomic E-state index is 13.4. The van der Waals surface area contributed by atoms with E-state index in [1.165, 1.54) is 30.4 Å². The summed E-state index contributed by atoms with van der Waals surface area (Å²) in [5, 5.41) is 0. The van der Waals surface area contributed by atoms with Gasteiger partial charge in [0.15, 0.2) is 0 Å². The molecular weight excluding hydrogens is 457 g/mol. The van der Waals surface area contributed by atoms with E-state index in [1.54, 1.807) is 6.20 Å². The third-order valence-corrected chi connectivity index (χ3v) is 7.52. The van der Waals surface area contributed by atoms with Crippen molar-refractivity contribution >= 4 is 36.7 Å². The highest BCUT2D eigenvalue weighted by Gasteiger charge is 2.47. The molecule has 3 fully saturated rings. The van der Waals surface area contributed by atoms with Crippen LogP contribution in [0.5, 0.6) is 0 Å². The van der Waals surface area contributed by atoms with Gasteiger partial charge in [-0.25, -0.2) is 9.97 Å². The number of hydrogen-bond acceptors (Lipinski definition) is 5. The number of carbonyl (C=O) groups is 1. The lowest BCUT2D eigenvalue weighted by Gasteiger charge is -2.28. The second-order valence-electron chi connectivity index (χ2n) is 9.59. The van der Waals surface area contributed by atoms with Gasteiger partial charge in [-0.3, -0.25) is 9.69 Å². The summed E-state index contributed by atoms with van der Waals surface area (Å²) in [6.07, 6.45) is 5.42. The molecule has 1 aromatic carbocycles. The Morgan fingerprint density at radius 2 is 1.73 bits per heavy atom. The number of aromatic nitrogens is 2. The van der Waals surface area contributed by atoms with E-state index in [2.05, 4.69) is 53.0 Å². The molecule has 1 aromatic heterocycles. The monoisotopic (exact) mass is 491 g/mol. The quantitative estimate of drug-likeness (QED) is 0.640. The molecular formula is C25H35Cl2N5O. The number of anilines is 1. The number of aryl methyl sites for hydroxylation is 2. The number of nitrogens with zero attached hydrogens (tertiary/aromatic N) is 5. The Bertz CT molecular complexity index is 981. The van der Waals surface area contributed by atoms with Gasteiger partial charge < -0.3 is 9.80 Å². The first kappa shape index (κ1) is 25.7. The average Bonchev–Trinajstić information content (AvgIpc) is 3.31. The fourth-order valence-electron chi connectivity index (χ4n) is 5.89. The summed E-state index contributed by atoms with van der Waals surface area (Å²) in [7, 11) is 2.22. The van der Waals surface area contributed by atoms with Crippen LogP contribution in [0.4, 0.5) is 5.95 Å². The first-order valence-electron chi connectivity index (χ1n) is 11.7. The Morgan fingerprint density at radius 1 is 1.00 bits per heavy atom. The van der Waals surface area contributed by atoms with Crippen molar-refractivity contribution < 1.29 is 4.79 Å². The summed E-state index contributed by atoms with van der Waals surface area (Å²) in [6, 6.07) is 9.06. The molecule has 1 amide bonds. The fourth-order valence-corrected chi connectivity index (χ4v) is 5.89. The van der Waals surface area contributed by atoms with Crippen LogP contribution >= 0.6 is 24.8 Å². The molecule has 0 radical (unpaired) electrons. The molecule has 3 aliphatic heterocycles. The largest absolute Gasteiger partial charge is 0.341 e. The third kappa shape index (κ3) is 4.84. The van der Waals surface area contributed by atoms with E-state index in [0.717, 1.165) is 44.4 Å². The minimum atomic E-state index is 0. The normalized spacial score (nSPS) is 24.8. The first-order valence-corrected chi connectivity index (χ1v) is 11.7. The van der Waals surface area contributed by atoms with Gasteiger partial charge in [-0.05, 0) is 57.2 Å². The van der Waals surface area contributed by atoms with Crippen molar-refractivity contribution in [3.63, 3.8) is 0 Å². The van der Waals surface area contributed by atoms with Crippen LogP contribution in [0.2, 0.25) is 0 Å². The number of fused-ring (bicyclic) bond motifs is 1. The number of halogens is 2. The summed E-state index contributed by atoms with van der Waals surface area (Å²) in [6.45, 7) is 8.83. The highest BCUT2D eigenvalue weighted by molar-refractivity contribution is 5.95. The topological polar surface area (TPSA) is 52.6 Å². The number of rotatable bonds is 3. The lowest BCUT2D eigenvalue weighted by atomic mass is 9.88. The van der Waals surface area contributed by atoms with Gasteiger partial charge in [0.05, 0.1) is 11.3 Å². The van der Waals surface area contributed by atoms with Crippen LogP contribution < -0.4 is 4.90 Å². The minimum Gasteiger partial charge on any atom is -0.341 e. The van der Waals surface area contributed by atoms with Gasteiger partial charge in [-0.15, -0.1) is 24.8 Å². The lowest BCUT2D eigenvalue weighted by Crippen LogP contribution is -2.35. The van der Waals surface area contributed by atoms with E-state index in [9.17, 15) is 4.79 Å². The van der Waals surface area contributed by atoms with Crippen molar-refractivity contribution in [1.82, 2.24) is 19.8 Å². The second kappa shape index (κ2) is 10.6. The van der Waals surface area contributed by atoms with E-state index < -0.39 is 0 Å². The maximum atomic E-state index is 13.4. The van der Waals surface area contributed by atoms with Crippen molar-refractivity contribution in [2.24, 2.45) is 11.8 Å². The number of benzene rings is 1. The van der Waals surface area contributed by atoms with Crippen LogP contribution in [0, 0.1) is 25.7 Å². The standard InChI is InChI=1S/C25H33N5O.2ClH/c1-17-9-5-6-10-20(17)23-22-16-30(15-19(22)14-28(23)3)24(31)21-13-26-25(27-18(21)2)29-11-7-4-8-12-29;;/h5-6,9-10,13,19,22-23H,4,7-8,11-12,14-16H2,1-3H3;2*1H/t19-,22+,23-;;/m0../s1. The lowest BCUT2D eigenvalue weighted by molar-refractivity contribution is 0.0766. The third-order valence-electron chi connectivity index (χ3n) is 7.52. The molecule has 3 saturated heterocycles. The number of carbonyl (C=O) groups excluding carboxylic acids is 1. The molecule has 0 N–H and O–H groups in total. The zero-order valence-electron chi connectivity index (χ0n) is 19.7. The Balaban J connectivity index is 0.00000153. The zero-order chi connectivity index (χ0) is 21.5. The zero-order valence-corrected chi connectivity index (χ0v) is 21.4. The number of likely N-dealkylation sites (tertiary alicyclic amines) is 2. The summed E-state index contributed by atoms with van der Waals surface area (Å²) >= 11 is 0. The van der Waals surface area contributed by atoms with Crippen LogP contribution in [0.1, 0.15) is 52.5 Å².